The minimum atomic E-state index is -0.660. The number of hydrogen-bond acceptors (Lipinski definition) is 4. The van der Waals surface area contributed by atoms with Crippen molar-refractivity contribution in [1.29, 1.82) is 0 Å². The van der Waals surface area contributed by atoms with Crippen molar-refractivity contribution in [3.05, 3.63) is 0 Å². The minimum Gasteiger partial charge on any atom is -0.387 e. The number of aliphatic imine (C=N–C) groups is 1. The van der Waals surface area contributed by atoms with E-state index in [0.29, 0.717) is 13.0 Å². The van der Waals surface area contributed by atoms with Gasteiger partial charge in [0, 0.05) is 37.8 Å². The number of carbonyl (C=O) groups is 1. The molecular weight excluding hydrogens is 427 g/mol. The second-order valence-electron chi connectivity index (χ2n) is 6.05. The van der Waals surface area contributed by atoms with Gasteiger partial charge in [-0.05, 0) is 25.5 Å². The lowest BCUT2D eigenvalue weighted by Gasteiger charge is -2.21. The second-order valence-corrected chi connectivity index (χ2v) is 7.15. The Morgan fingerprint density at radius 2 is 2.26 bits per heavy atom. The van der Waals surface area contributed by atoms with E-state index in [4.69, 9.17) is 0 Å². The maximum Gasteiger partial charge on any atom is 0.222 e. The van der Waals surface area contributed by atoms with Gasteiger partial charge in [0.2, 0.25) is 5.91 Å². The third-order valence-corrected chi connectivity index (χ3v) is 5.38. The molecule has 2 aliphatic rings. The zero-order valence-corrected chi connectivity index (χ0v) is 17.2. The van der Waals surface area contributed by atoms with Crippen molar-refractivity contribution in [2.24, 2.45) is 4.99 Å². The highest BCUT2D eigenvalue weighted by Crippen LogP contribution is 2.27. The van der Waals surface area contributed by atoms with Gasteiger partial charge in [0.05, 0.1) is 12.1 Å². The highest BCUT2D eigenvalue weighted by Gasteiger charge is 2.32. The number of likely N-dealkylation sites (tertiary alicyclic amines) is 1. The molecule has 0 spiro atoms. The Kier molecular flexibility index (Phi) is 8.99. The van der Waals surface area contributed by atoms with Crippen LogP contribution in [0.25, 0.3) is 0 Å². The van der Waals surface area contributed by atoms with Crippen LogP contribution in [0.15, 0.2) is 4.99 Å². The molecule has 2 heterocycles. The SMILES string of the molecule is CCNC(=NCC1(O)CCSC1)NC1CCN(C(=O)CC)C1.I. The first kappa shape index (κ1) is 20.8. The van der Waals surface area contributed by atoms with E-state index in [1.165, 1.54) is 0 Å². The van der Waals surface area contributed by atoms with Gasteiger partial charge in [-0.15, -0.1) is 24.0 Å². The molecule has 2 saturated heterocycles. The zero-order chi connectivity index (χ0) is 16.0. The highest BCUT2D eigenvalue weighted by molar-refractivity contribution is 14.0. The van der Waals surface area contributed by atoms with Crippen LogP contribution in [0, 0.1) is 0 Å². The lowest BCUT2D eigenvalue weighted by atomic mass is 10.1. The third-order valence-electron chi connectivity index (χ3n) is 4.14. The van der Waals surface area contributed by atoms with Gasteiger partial charge in [-0.2, -0.15) is 11.8 Å². The Labute approximate surface area is 160 Å². The molecule has 134 valence electrons. The number of hydrogen-bond donors (Lipinski definition) is 3. The topological polar surface area (TPSA) is 77.0 Å². The molecule has 2 aliphatic heterocycles. The summed E-state index contributed by atoms with van der Waals surface area (Å²) in [6, 6.07) is 0.237. The van der Waals surface area contributed by atoms with E-state index in [2.05, 4.69) is 15.6 Å². The van der Waals surface area contributed by atoms with Crippen molar-refractivity contribution in [3.8, 4) is 0 Å². The Balaban J connectivity index is 0.00000264. The third kappa shape index (κ3) is 6.30. The number of thioether (sulfide) groups is 1. The van der Waals surface area contributed by atoms with Crippen LogP contribution in [0.1, 0.15) is 33.1 Å². The highest BCUT2D eigenvalue weighted by atomic mass is 127. The summed E-state index contributed by atoms with van der Waals surface area (Å²) in [5.41, 5.74) is -0.660. The maximum atomic E-state index is 11.7. The first-order chi connectivity index (χ1) is 10.6. The summed E-state index contributed by atoms with van der Waals surface area (Å²) in [6.45, 7) is 6.68. The van der Waals surface area contributed by atoms with Crippen LogP contribution in [0.4, 0.5) is 0 Å². The summed E-state index contributed by atoms with van der Waals surface area (Å²) in [5.74, 6) is 2.72. The molecule has 23 heavy (non-hydrogen) atoms. The van der Waals surface area contributed by atoms with Crippen LogP contribution in [-0.2, 0) is 4.79 Å². The fraction of sp³-hybridized carbons (Fsp3) is 0.867. The number of halogens is 1. The van der Waals surface area contributed by atoms with Gasteiger partial charge >= 0.3 is 0 Å². The molecule has 8 heteroatoms. The predicted octanol–water partition coefficient (Wildman–Crippen LogP) is 1.04. The van der Waals surface area contributed by atoms with Crippen molar-refractivity contribution in [3.63, 3.8) is 0 Å². The largest absolute Gasteiger partial charge is 0.387 e. The summed E-state index contributed by atoms with van der Waals surface area (Å²) < 4.78 is 0. The Morgan fingerprint density at radius 1 is 1.48 bits per heavy atom. The molecule has 0 aliphatic carbocycles. The molecular formula is C15H29IN4O2S. The van der Waals surface area contributed by atoms with Gasteiger partial charge in [-0.25, -0.2) is 0 Å². The average molecular weight is 456 g/mol. The van der Waals surface area contributed by atoms with Gasteiger partial charge in [0.1, 0.15) is 0 Å². The van der Waals surface area contributed by atoms with Gasteiger partial charge in [-0.3, -0.25) is 9.79 Å². The number of carbonyl (C=O) groups excluding carboxylic acids is 1. The number of amides is 1. The van der Waals surface area contributed by atoms with Gasteiger partial charge in [0.15, 0.2) is 5.96 Å². The van der Waals surface area contributed by atoms with Crippen LogP contribution in [0.3, 0.4) is 0 Å². The van der Waals surface area contributed by atoms with Crippen molar-refractivity contribution >= 4 is 47.6 Å². The Bertz CT molecular complexity index is 416. The smallest absolute Gasteiger partial charge is 0.222 e. The first-order valence-corrected chi connectivity index (χ1v) is 9.34. The van der Waals surface area contributed by atoms with E-state index >= 15 is 0 Å². The summed E-state index contributed by atoms with van der Waals surface area (Å²) in [5, 5.41) is 17.0. The predicted molar refractivity (Wildman–Crippen MR) is 107 cm³/mol. The molecule has 2 rings (SSSR count). The Hall–Kier alpha value is -0.220. The van der Waals surface area contributed by atoms with Crippen molar-refractivity contribution in [2.45, 2.75) is 44.8 Å². The molecule has 2 unspecified atom stereocenters. The summed E-state index contributed by atoms with van der Waals surface area (Å²) in [4.78, 5) is 18.2. The fourth-order valence-electron chi connectivity index (χ4n) is 2.79. The van der Waals surface area contributed by atoms with Crippen LogP contribution in [-0.4, -0.2) is 71.2 Å². The van der Waals surface area contributed by atoms with Crippen LogP contribution < -0.4 is 10.6 Å². The molecule has 0 aromatic rings. The molecule has 0 aromatic carbocycles. The molecule has 3 N–H and O–H groups in total. The van der Waals surface area contributed by atoms with Crippen LogP contribution >= 0.6 is 35.7 Å². The van der Waals surface area contributed by atoms with Crippen molar-refractivity contribution in [1.82, 2.24) is 15.5 Å². The van der Waals surface area contributed by atoms with Gasteiger partial charge < -0.3 is 20.6 Å². The molecule has 0 bridgehead atoms. The standard InChI is InChI=1S/C15H28N4O2S.HI/c1-3-13(20)19-7-5-12(9-19)18-14(16-4-2)17-10-15(21)6-8-22-11-15;/h12,21H,3-11H2,1-2H3,(H2,16,17,18);1H. The van der Waals surface area contributed by atoms with Crippen molar-refractivity contribution < 1.29 is 9.90 Å². The number of nitrogens with one attached hydrogen (secondary N) is 2. The fourth-order valence-corrected chi connectivity index (χ4v) is 4.07. The normalized spacial score (nSPS) is 27.7. The summed E-state index contributed by atoms with van der Waals surface area (Å²) in [6.07, 6.45) is 2.31. The van der Waals surface area contributed by atoms with E-state index in [9.17, 15) is 9.90 Å². The molecule has 2 atom stereocenters. The molecule has 0 saturated carbocycles. The van der Waals surface area contributed by atoms with Crippen LogP contribution in [0.2, 0.25) is 0 Å². The Morgan fingerprint density at radius 3 is 2.87 bits per heavy atom. The van der Waals surface area contributed by atoms with E-state index in [1.54, 1.807) is 11.8 Å². The van der Waals surface area contributed by atoms with Gasteiger partial charge in [-0.1, -0.05) is 6.92 Å². The van der Waals surface area contributed by atoms with E-state index < -0.39 is 5.60 Å². The molecule has 0 aromatic heterocycles. The first-order valence-electron chi connectivity index (χ1n) is 8.19. The van der Waals surface area contributed by atoms with E-state index in [-0.39, 0.29) is 35.9 Å². The summed E-state index contributed by atoms with van der Waals surface area (Å²) in [7, 11) is 0. The lowest BCUT2D eigenvalue weighted by molar-refractivity contribution is -0.129. The van der Waals surface area contributed by atoms with Gasteiger partial charge in [0.25, 0.3) is 0 Å². The summed E-state index contributed by atoms with van der Waals surface area (Å²) >= 11 is 1.78. The quantitative estimate of drug-likeness (QED) is 0.328. The lowest BCUT2D eigenvalue weighted by Crippen LogP contribution is -2.46. The molecule has 6 nitrogen and oxygen atoms in total. The zero-order valence-electron chi connectivity index (χ0n) is 14.0. The van der Waals surface area contributed by atoms with E-state index in [1.807, 2.05) is 18.7 Å². The minimum absolute atomic E-state index is 0. The number of nitrogens with zero attached hydrogens (tertiary/aromatic N) is 2. The monoisotopic (exact) mass is 456 g/mol. The average Bonchev–Trinajstić information content (AvgIpc) is 3.14. The van der Waals surface area contributed by atoms with Crippen LogP contribution in [0.5, 0.6) is 0 Å². The molecule has 2 fully saturated rings. The van der Waals surface area contributed by atoms with E-state index in [0.717, 1.165) is 49.9 Å². The number of guanidine groups is 1. The van der Waals surface area contributed by atoms with Crippen molar-refractivity contribution in [2.75, 3.05) is 37.7 Å². The molecule has 1 amide bonds. The maximum absolute atomic E-state index is 11.7. The second kappa shape index (κ2) is 9.93. The molecule has 0 radical (unpaired) electrons. The number of rotatable bonds is 5. The number of aliphatic hydroxyl groups is 1.